The van der Waals surface area contributed by atoms with Gasteiger partial charge >= 0.3 is 35.8 Å². The number of anilines is 2. The van der Waals surface area contributed by atoms with Crippen LogP contribution < -0.4 is 31.9 Å². The summed E-state index contributed by atoms with van der Waals surface area (Å²) in [7, 11) is 3.33. The van der Waals surface area contributed by atoms with Crippen LogP contribution in [0.15, 0.2) is 97.1 Å². The highest BCUT2D eigenvalue weighted by Crippen LogP contribution is 2.31. The maximum Gasteiger partial charge on any atom is 0.328 e. The highest BCUT2D eigenvalue weighted by atomic mass is 16.6. The molecule has 2 aromatic heterocycles. The number of aliphatic carboxylic acids is 6. The van der Waals surface area contributed by atoms with E-state index < -0.39 is 128 Å². The van der Waals surface area contributed by atoms with Crippen LogP contribution in [0.2, 0.25) is 0 Å². The molecule has 1 unspecified atom stereocenters. The summed E-state index contributed by atoms with van der Waals surface area (Å²) in [6.07, 6.45) is -4.17. The number of benzene rings is 4. The van der Waals surface area contributed by atoms with Crippen LogP contribution in [-0.2, 0) is 103 Å². The lowest BCUT2D eigenvalue weighted by molar-refractivity contribution is -0.141. The van der Waals surface area contributed by atoms with Crippen molar-refractivity contribution in [2.24, 2.45) is 5.92 Å². The molecule has 0 spiro atoms. The molecule has 5 heterocycles. The van der Waals surface area contributed by atoms with Crippen LogP contribution in [0.25, 0.3) is 22.1 Å². The van der Waals surface area contributed by atoms with Gasteiger partial charge in [-0.15, -0.1) is 0 Å². The second-order valence-corrected chi connectivity index (χ2v) is 34.3. The van der Waals surface area contributed by atoms with Gasteiger partial charge in [0.15, 0.2) is 0 Å². The van der Waals surface area contributed by atoms with E-state index >= 15 is 0 Å². The van der Waals surface area contributed by atoms with E-state index in [2.05, 4.69) is 51.8 Å². The summed E-state index contributed by atoms with van der Waals surface area (Å²) in [6, 6.07) is 20.2. The molecule has 1 saturated heterocycles. The third-order valence-corrected chi connectivity index (χ3v) is 23.5. The van der Waals surface area contributed by atoms with Gasteiger partial charge in [-0.25, -0.2) is 14.8 Å². The smallest absolute Gasteiger partial charge is 0.328 e. The highest BCUT2D eigenvalue weighted by Gasteiger charge is 2.37. The van der Waals surface area contributed by atoms with E-state index in [1.54, 1.807) is 84.8 Å². The normalized spacial score (nSPS) is 17.2. The number of imidazole rings is 2. The number of hydrogen-bond acceptors (Lipinski definition) is 32. The van der Waals surface area contributed by atoms with Crippen molar-refractivity contribution in [1.29, 1.82) is 0 Å². The van der Waals surface area contributed by atoms with Gasteiger partial charge in [0.2, 0.25) is 23.6 Å². The maximum atomic E-state index is 14.4. The van der Waals surface area contributed by atoms with Gasteiger partial charge in [-0.1, -0.05) is 30.3 Å². The van der Waals surface area contributed by atoms with Crippen LogP contribution >= 0.6 is 0 Å². The minimum Gasteiger partial charge on any atom is -0.481 e. The molecule has 0 saturated carbocycles. The number of H-pyrrole nitrogens is 2. The first kappa shape index (κ1) is 111. The number of nitrogens with one attached hydrogen (secondary N) is 8. The molecule has 3 aliphatic heterocycles. The number of para-hydroxylation sites is 4. The number of carboxylic acids is 6. The summed E-state index contributed by atoms with van der Waals surface area (Å²) in [6.45, 7) is 4.15. The standard InChI is InChI=1S/C93H134N18O28/c1-104(57-78-98-70-11-3-4-12-71(70)99-78)90(130)63-15-18-68-65(49-63)54-110(92(132)76(96-68)52-83(119)120)27-9-39-136-43-47-138-45-41-134-37-7-25-94-80(114)22-20-74(103-89(129)75(21-24-82(117)118)102-87(127)62(17-23-81(115)116)51-67(113)56-106-29-30-107(59-85(123)124)31-32-108(60-86(125)126)34-36-109(61-112)35-33-106)88(128)95-26-8-38-135-42-46-139-48-44-137-40-10-28-111-55-66-50-64(16-19-69(66)97-77(93(111)133)53-84(121)122)91(131)105(2)58-79-100-72-13-5-6-14-73(72)101-79/h3-6,11-16,18-19,21,24,49-50,62,67,74-77,89,92,96-97,103,112-113,129,132H,7-10,17,20,22-23,25-48,51-61H2,1-2H3,(H,94,114)(H,95,128)(H,98,99)(H,100,101)(H,102,127)(H,115,116)(H,117,118)(H,119,120)(H,121,122)(H,123,124)(H,125,126)/b24-21+/t62-,67-,74+,75+,76+,77?,89+,92+/m1/s1. The lowest BCUT2D eigenvalue weighted by Gasteiger charge is -2.34. The number of amides is 6. The van der Waals surface area contributed by atoms with E-state index in [0.29, 0.717) is 77.2 Å². The van der Waals surface area contributed by atoms with E-state index in [1.165, 1.54) is 4.90 Å². The molecule has 0 radical (unpaired) electrons. The van der Waals surface area contributed by atoms with Crippen molar-refractivity contribution in [3.8, 4) is 0 Å². The van der Waals surface area contributed by atoms with Gasteiger partial charge in [-0.2, -0.15) is 0 Å². The summed E-state index contributed by atoms with van der Waals surface area (Å²) >= 11 is 0. The zero-order chi connectivity index (χ0) is 100. The third kappa shape index (κ3) is 39.1. The number of ether oxygens (including phenoxy) is 6. The second kappa shape index (κ2) is 58.9. The topological polar surface area (TPSA) is 618 Å². The quantitative estimate of drug-likeness (QED) is 0.0139. The molecule has 139 heavy (non-hydrogen) atoms. The molecule has 6 amide bonds. The highest BCUT2D eigenvalue weighted by molar-refractivity contribution is 5.97. The van der Waals surface area contributed by atoms with Crippen molar-refractivity contribution in [1.82, 2.24) is 80.4 Å². The van der Waals surface area contributed by atoms with Gasteiger partial charge in [0.25, 0.3) is 11.8 Å². The van der Waals surface area contributed by atoms with Crippen molar-refractivity contribution in [2.45, 2.75) is 140 Å². The SMILES string of the molecule is CN(Cc1nc2ccccc2[nH]1)C(=O)c1ccc2c(c1)CN(CCCOCCOCCOCCCNC(=O)[C@H](CCC(=O)NCCCOCCOCCOCCCN1Cc3cc(C(=O)N(C)Cc4nc5ccccc5[nH]4)ccc3N[C@@H](CC(=O)O)[C@@H]1O)N[C@@H](O)[C@H](/C=C/C(=O)O)NC(=O)[C@H](CCC(=O)O)C[C@@H](O)CN1CCN(CO)CCN(CC(=O)O)CCN(CC(=O)O)CC1)C(=O)C(CC(=O)O)N2. The summed E-state index contributed by atoms with van der Waals surface area (Å²) in [5.74, 6) is -10.5. The van der Waals surface area contributed by atoms with Gasteiger partial charge in [-0.05, 0) is 117 Å². The zero-order valence-electron chi connectivity index (χ0n) is 78.6. The Bertz CT molecular complexity index is 4920. The minimum atomic E-state index is -1.97. The lowest BCUT2D eigenvalue weighted by atomic mass is 9.94. The van der Waals surface area contributed by atoms with E-state index in [4.69, 9.17) is 28.4 Å². The largest absolute Gasteiger partial charge is 0.481 e. The number of aromatic nitrogens is 4. The third-order valence-electron chi connectivity index (χ3n) is 23.5. The number of aliphatic hydroxyl groups excluding tert-OH is 4. The van der Waals surface area contributed by atoms with Crippen molar-refractivity contribution >= 4 is 105 Å². The van der Waals surface area contributed by atoms with Crippen LogP contribution in [0.4, 0.5) is 11.4 Å². The lowest BCUT2D eigenvalue weighted by Crippen LogP contribution is -2.56. The molecule has 46 nitrogen and oxygen atoms in total. The number of aromatic amines is 2. The molecule has 6 aromatic rings. The van der Waals surface area contributed by atoms with E-state index in [0.717, 1.165) is 28.1 Å². The van der Waals surface area contributed by atoms with E-state index in [1.807, 2.05) is 48.5 Å². The van der Waals surface area contributed by atoms with Crippen LogP contribution in [-0.4, -0.2) is 422 Å². The molecule has 4 aromatic carbocycles. The number of carboxylic acid groups (broad SMARTS) is 6. The molecule has 8 atom stereocenters. The summed E-state index contributed by atoms with van der Waals surface area (Å²) < 4.78 is 34.5. The van der Waals surface area contributed by atoms with Crippen molar-refractivity contribution in [3.63, 3.8) is 0 Å². The van der Waals surface area contributed by atoms with Crippen LogP contribution in [0.1, 0.15) is 114 Å². The van der Waals surface area contributed by atoms with Crippen molar-refractivity contribution in [2.75, 3.05) is 209 Å². The first-order valence-electron chi connectivity index (χ1n) is 46.7. The Morgan fingerprint density at radius 2 is 1.01 bits per heavy atom. The summed E-state index contributed by atoms with van der Waals surface area (Å²) in [4.78, 5) is 183. The molecular formula is C93H134N18O28. The van der Waals surface area contributed by atoms with Crippen LogP contribution in [0.3, 0.4) is 0 Å². The molecule has 764 valence electrons. The molecule has 1 fully saturated rings. The van der Waals surface area contributed by atoms with Gasteiger partial charge < -0.3 is 131 Å². The number of β-amino-alcohol motifs (C(OH)–C–C–N with tert-alkyl or cyclic N) is 1. The van der Waals surface area contributed by atoms with Gasteiger partial charge in [-0.3, -0.25) is 82.6 Å². The van der Waals surface area contributed by atoms with E-state index in [9.17, 15) is 109 Å². The zero-order valence-corrected chi connectivity index (χ0v) is 78.6. The number of carbonyl (C=O) groups is 12. The minimum absolute atomic E-state index is 0.0157. The molecular weight excluding hydrogens is 1820 g/mol. The maximum absolute atomic E-state index is 14.4. The number of rotatable bonds is 61. The Morgan fingerprint density at radius 3 is 1.52 bits per heavy atom. The summed E-state index contributed by atoms with van der Waals surface area (Å²) in [5, 5.41) is 121. The second-order valence-electron chi connectivity index (χ2n) is 34.3. The Morgan fingerprint density at radius 1 is 0.532 bits per heavy atom. The Labute approximate surface area is 804 Å². The number of fused-ring (bicyclic) bond motifs is 4. The predicted octanol–water partition coefficient (Wildman–Crippen LogP) is 0.318. The molecule has 0 bridgehead atoms. The van der Waals surface area contributed by atoms with Gasteiger partial charge in [0, 0.05) is 186 Å². The Kier molecular flexibility index (Phi) is 47.0. The summed E-state index contributed by atoms with van der Waals surface area (Å²) in [5.41, 5.74) is 6.46. The average Bonchev–Trinajstić information content (AvgIpc) is 1.69. The Balaban J connectivity index is 0.719. The fourth-order valence-corrected chi connectivity index (χ4v) is 16.2. The fourth-order valence-electron chi connectivity index (χ4n) is 16.2. The first-order valence-corrected chi connectivity index (χ1v) is 46.7. The number of carbonyl (C=O) groups excluding carboxylic acids is 6. The number of hydrogen-bond donors (Lipinski definition) is 18. The number of aliphatic hydroxyl groups is 4. The average molecular weight is 1950 g/mol. The molecule has 46 heteroatoms. The van der Waals surface area contributed by atoms with Gasteiger partial charge in [0.05, 0.1) is 145 Å². The van der Waals surface area contributed by atoms with E-state index in [-0.39, 0.29) is 247 Å². The van der Waals surface area contributed by atoms with Crippen molar-refractivity contribution < 1.29 is 137 Å². The van der Waals surface area contributed by atoms with Crippen LogP contribution in [0.5, 0.6) is 0 Å². The number of nitrogens with zero attached hydrogens (tertiary/aromatic N) is 10. The monoisotopic (exact) mass is 1950 g/mol. The fraction of sp³-hybridized carbons (Fsp3) is 0.570. The van der Waals surface area contributed by atoms with Crippen LogP contribution in [0, 0.1) is 5.92 Å². The molecule has 3 aliphatic rings. The molecule has 9 rings (SSSR count). The predicted molar refractivity (Wildman–Crippen MR) is 502 cm³/mol. The molecule has 18 N–H and O–H groups in total. The Hall–Kier alpha value is -11.8. The van der Waals surface area contributed by atoms with Crippen molar-refractivity contribution in [3.05, 3.63) is 131 Å². The molecule has 0 aliphatic carbocycles. The first-order chi connectivity index (χ1) is 66.8. The van der Waals surface area contributed by atoms with Gasteiger partial charge in [0.1, 0.15) is 30.1 Å².